The molecule has 0 aliphatic carbocycles. The summed E-state index contributed by atoms with van der Waals surface area (Å²) in [6.07, 6.45) is 0.463. The second-order valence-corrected chi connectivity index (χ2v) is 12.4. The highest BCUT2D eigenvalue weighted by atomic mass is 16.6. The average Bonchev–Trinajstić information content (AvgIpc) is 2.70. The predicted molar refractivity (Wildman–Crippen MR) is 144 cm³/mol. The number of esters is 3. The maximum Gasteiger partial charge on any atom is 0.331 e. The summed E-state index contributed by atoms with van der Waals surface area (Å²) in [5.74, 6) is -4.66. The first-order valence-electron chi connectivity index (χ1n) is 13.1. The van der Waals surface area contributed by atoms with Crippen molar-refractivity contribution in [1.29, 1.82) is 0 Å². The molecule has 0 saturated carbocycles. The maximum absolute atomic E-state index is 13.2. The Kier molecular flexibility index (Phi) is 11.5. The molecule has 2 atom stereocenters. The van der Waals surface area contributed by atoms with Gasteiger partial charge in [-0.25, -0.2) is 14.2 Å². The number of ether oxygens (including phenoxy) is 3. The number of rotatable bonds is 11. The zero-order chi connectivity index (χ0) is 30.3. The fourth-order valence-corrected chi connectivity index (χ4v) is 3.77. The number of H-pyrrole nitrogens is 1. The van der Waals surface area contributed by atoms with Crippen molar-refractivity contribution < 1.29 is 33.7 Å². The molecule has 0 fully saturated rings. The van der Waals surface area contributed by atoms with Crippen LogP contribution in [0.15, 0.2) is 9.59 Å². The molecule has 12 heteroatoms. The van der Waals surface area contributed by atoms with Crippen LogP contribution in [0, 0.1) is 0 Å². The normalized spacial score (nSPS) is 13.9. The highest BCUT2D eigenvalue weighted by molar-refractivity contribution is 5.81. The molecule has 0 saturated heterocycles. The van der Waals surface area contributed by atoms with E-state index in [9.17, 15) is 29.1 Å². The van der Waals surface area contributed by atoms with Gasteiger partial charge in [-0.3, -0.25) is 19.4 Å². The summed E-state index contributed by atoms with van der Waals surface area (Å²) in [4.78, 5) is 66.8. The Balaban J connectivity index is 3.71. The molecule has 0 spiro atoms. The van der Waals surface area contributed by atoms with Gasteiger partial charge in [0.15, 0.2) is 0 Å². The molecule has 12 nitrogen and oxygen atoms in total. The molecule has 1 aromatic heterocycles. The molecule has 0 radical (unpaired) electrons. The van der Waals surface area contributed by atoms with Gasteiger partial charge in [0.1, 0.15) is 22.8 Å². The standard InChI is InChI=1S/C27H45N3O9/c1-25(2,3)37-18(31)14-13-16(22(34)38-26(4,5)6)19-20(32)29-24(36)30(21(19)33)17(12-10-11-15-28)23(35)39-27(7,8)9/h16-17,33H,10-15,28H2,1-9H3,(H,29,32,36)/t16-,17-/m0/s1. The maximum atomic E-state index is 13.2. The van der Waals surface area contributed by atoms with E-state index in [-0.39, 0.29) is 19.3 Å². The lowest BCUT2D eigenvalue weighted by molar-refractivity contribution is -0.160. The fraction of sp³-hybridized carbons (Fsp3) is 0.741. The monoisotopic (exact) mass is 555 g/mol. The number of nitrogens with zero attached hydrogens (tertiary/aromatic N) is 1. The Morgan fingerprint density at radius 2 is 1.36 bits per heavy atom. The molecule has 0 unspecified atom stereocenters. The third-order valence-electron chi connectivity index (χ3n) is 5.17. The topological polar surface area (TPSA) is 180 Å². The van der Waals surface area contributed by atoms with E-state index >= 15 is 0 Å². The van der Waals surface area contributed by atoms with Crippen molar-refractivity contribution in [3.8, 4) is 5.88 Å². The van der Waals surface area contributed by atoms with Gasteiger partial charge in [0, 0.05) is 6.42 Å². The Bertz CT molecular complexity index is 1130. The van der Waals surface area contributed by atoms with Crippen LogP contribution in [0.3, 0.4) is 0 Å². The minimum Gasteiger partial charge on any atom is -0.494 e. The van der Waals surface area contributed by atoms with Crippen LogP contribution >= 0.6 is 0 Å². The Morgan fingerprint density at radius 3 is 1.85 bits per heavy atom. The van der Waals surface area contributed by atoms with E-state index < -0.39 is 69.4 Å². The summed E-state index contributed by atoms with van der Waals surface area (Å²) >= 11 is 0. The van der Waals surface area contributed by atoms with Crippen molar-refractivity contribution in [2.24, 2.45) is 5.73 Å². The van der Waals surface area contributed by atoms with E-state index in [1.54, 1.807) is 62.3 Å². The number of carbonyl (C=O) groups excluding carboxylic acids is 3. The summed E-state index contributed by atoms with van der Waals surface area (Å²) < 4.78 is 17.0. The quantitative estimate of drug-likeness (QED) is 0.209. The van der Waals surface area contributed by atoms with Crippen LogP contribution in [0.2, 0.25) is 0 Å². The Hall–Kier alpha value is -3.15. The van der Waals surface area contributed by atoms with Crippen LogP contribution in [0.4, 0.5) is 0 Å². The summed E-state index contributed by atoms with van der Waals surface area (Å²) in [7, 11) is 0. The van der Waals surface area contributed by atoms with E-state index in [4.69, 9.17) is 19.9 Å². The Morgan fingerprint density at radius 1 is 0.846 bits per heavy atom. The van der Waals surface area contributed by atoms with Gasteiger partial charge in [-0.1, -0.05) is 0 Å². The molecule has 0 aliphatic heterocycles. The smallest absolute Gasteiger partial charge is 0.331 e. The number of hydrogen-bond acceptors (Lipinski definition) is 10. The van der Waals surface area contributed by atoms with Gasteiger partial charge < -0.3 is 25.1 Å². The molecule has 39 heavy (non-hydrogen) atoms. The number of aromatic amines is 1. The first-order chi connectivity index (χ1) is 17.7. The molecule has 222 valence electrons. The van der Waals surface area contributed by atoms with Gasteiger partial charge >= 0.3 is 23.6 Å². The third-order valence-corrected chi connectivity index (χ3v) is 5.17. The largest absolute Gasteiger partial charge is 0.494 e. The minimum atomic E-state index is -1.45. The number of aromatic nitrogens is 2. The number of aromatic hydroxyl groups is 1. The molecule has 0 aliphatic rings. The van der Waals surface area contributed by atoms with Gasteiger partial charge in [0.05, 0.1) is 11.5 Å². The third kappa shape index (κ3) is 11.2. The second-order valence-electron chi connectivity index (χ2n) is 12.4. The van der Waals surface area contributed by atoms with E-state index in [1.807, 2.05) is 0 Å². The van der Waals surface area contributed by atoms with E-state index in [2.05, 4.69) is 4.98 Å². The Labute approximate surface area is 229 Å². The zero-order valence-electron chi connectivity index (χ0n) is 24.6. The predicted octanol–water partition coefficient (Wildman–Crippen LogP) is 2.80. The fourth-order valence-electron chi connectivity index (χ4n) is 3.77. The summed E-state index contributed by atoms with van der Waals surface area (Å²) in [6, 6.07) is -1.32. The van der Waals surface area contributed by atoms with Crippen LogP contribution in [0.5, 0.6) is 5.88 Å². The molecule has 4 N–H and O–H groups in total. The van der Waals surface area contributed by atoms with Crippen molar-refractivity contribution in [3.05, 3.63) is 26.4 Å². The van der Waals surface area contributed by atoms with Crippen LogP contribution in [-0.4, -0.2) is 55.9 Å². The zero-order valence-corrected chi connectivity index (χ0v) is 24.6. The van der Waals surface area contributed by atoms with Gasteiger partial charge in [-0.2, -0.15) is 0 Å². The van der Waals surface area contributed by atoms with Gasteiger partial charge in [-0.05, 0) is 94.5 Å². The summed E-state index contributed by atoms with van der Waals surface area (Å²) in [6.45, 7) is 15.2. The van der Waals surface area contributed by atoms with Gasteiger partial charge in [-0.15, -0.1) is 0 Å². The molecule has 0 aromatic carbocycles. The molecule has 0 amide bonds. The summed E-state index contributed by atoms with van der Waals surface area (Å²) in [5, 5.41) is 11.3. The molecule has 0 bridgehead atoms. The van der Waals surface area contributed by atoms with Crippen molar-refractivity contribution in [3.63, 3.8) is 0 Å². The highest BCUT2D eigenvalue weighted by Gasteiger charge is 2.36. The first-order valence-corrected chi connectivity index (χ1v) is 13.1. The number of hydrogen-bond donors (Lipinski definition) is 3. The van der Waals surface area contributed by atoms with Crippen LogP contribution in [0.1, 0.15) is 112 Å². The highest BCUT2D eigenvalue weighted by Crippen LogP contribution is 2.32. The van der Waals surface area contributed by atoms with Gasteiger partial charge in [0.2, 0.25) is 5.88 Å². The van der Waals surface area contributed by atoms with Crippen molar-refractivity contribution >= 4 is 17.9 Å². The molecular formula is C27H45N3O9. The van der Waals surface area contributed by atoms with Crippen LogP contribution in [0.25, 0.3) is 0 Å². The number of carbonyl (C=O) groups is 3. The van der Waals surface area contributed by atoms with Crippen LogP contribution in [-0.2, 0) is 28.6 Å². The SMILES string of the molecule is CC(C)(C)OC(=O)CC[C@H](C(=O)OC(C)(C)C)c1c(O)n([C@@H](CCCCN)C(=O)OC(C)(C)C)c(=O)[nH]c1=O. The number of nitrogens with two attached hydrogens (primary N) is 1. The first kappa shape index (κ1) is 33.9. The van der Waals surface area contributed by atoms with E-state index in [1.165, 1.54) is 0 Å². The lowest BCUT2D eigenvalue weighted by Gasteiger charge is -2.27. The van der Waals surface area contributed by atoms with Crippen molar-refractivity contribution in [1.82, 2.24) is 9.55 Å². The summed E-state index contributed by atoms with van der Waals surface area (Å²) in [5.41, 5.74) is 0.341. The van der Waals surface area contributed by atoms with Crippen LogP contribution < -0.4 is 17.0 Å². The van der Waals surface area contributed by atoms with Crippen molar-refractivity contribution in [2.75, 3.05) is 6.54 Å². The second kappa shape index (κ2) is 13.3. The number of nitrogens with one attached hydrogen (secondary N) is 1. The van der Waals surface area contributed by atoms with Gasteiger partial charge in [0.25, 0.3) is 5.56 Å². The lowest BCUT2D eigenvalue weighted by atomic mass is 9.95. The molecular weight excluding hydrogens is 510 g/mol. The minimum absolute atomic E-state index is 0.0695. The van der Waals surface area contributed by atoms with Crippen molar-refractivity contribution in [2.45, 2.75) is 123 Å². The van der Waals surface area contributed by atoms with E-state index in [0.29, 0.717) is 24.0 Å². The molecule has 1 heterocycles. The number of unbranched alkanes of at least 4 members (excludes halogenated alkanes) is 1. The van der Waals surface area contributed by atoms with E-state index in [0.717, 1.165) is 0 Å². The molecule has 1 aromatic rings. The molecule has 1 rings (SSSR count). The average molecular weight is 556 g/mol. The lowest BCUT2D eigenvalue weighted by Crippen LogP contribution is -2.41.